The Balaban J connectivity index is 2.00. The summed E-state index contributed by atoms with van der Waals surface area (Å²) in [6.07, 6.45) is 5.55. The van der Waals surface area contributed by atoms with E-state index in [1.54, 1.807) is 23.2 Å². The number of hydrogen-bond acceptors (Lipinski definition) is 2. The molecular formula is C13H13F2N3. The van der Waals surface area contributed by atoms with E-state index in [0.29, 0.717) is 5.69 Å². The predicted octanol–water partition coefficient (Wildman–Crippen LogP) is 2.58. The van der Waals surface area contributed by atoms with Gasteiger partial charge in [-0.2, -0.15) is 0 Å². The molecule has 1 saturated heterocycles. The van der Waals surface area contributed by atoms with E-state index in [4.69, 9.17) is 0 Å². The molecule has 2 heterocycles. The van der Waals surface area contributed by atoms with E-state index < -0.39 is 11.6 Å². The number of hydrogen-bond donors (Lipinski definition) is 1. The minimum absolute atomic E-state index is 0.237. The lowest BCUT2D eigenvalue weighted by atomic mass is 10.1. The molecule has 0 aliphatic carbocycles. The van der Waals surface area contributed by atoms with Crippen molar-refractivity contribution in [1.82, 2.24) is 14.9 Å². The van der Waals surface area contributed by atoms with Crippen LogP contribution >= 0.6 is 0 Å². The second kappa shape index (κ2) is 4.49. The average molecular weight is 249 g/mol. The van der Waals surface area contributed by atoms with E-state index in [-0.39, 0.29) is 6.04 Å². The summed E-state index contributed by atoms with van der Waals surface area (Å²) in [6.45, 7) is 0.980. The van der Waals surface area contributed by atoms with Crippen molar-refractivity contribution in [3.63, 3.8) is 0 Å². The molecule has 1 aliphatic rings. The number of nitrogens with one attached hydrogen (secondary N) is 1. The summed E-state index contributed by atoms with van der Waals surface area (Å²) in [5, 5.41) is 3.37. The highest BCUT2D eigenvalue weighted by atomic mass is 19.2. The second-order valence-corrected chi connectivity index (χ2v) is 4.44. The van der Waals surface area contributed by atoms with Crippen LogP contribution in [0.5, 0.6) is 0 Å². The van der Waals surface area contributed by atoms with Gasteiger partial charge < -0.3 is 9.88 Å². The highest BCUT2D eigenvalue weighted by Gasteiger charge is 2.20. The molecule has 3 rings (SSSR count). The highest BCUT2D eigenvalue weighted by molar-refractivity contribution is 5.35. The lowest BCUT2D eigenvalue weighted by Crippen LogP contribution is -2.16. The summed E-state index contributed by atoms with van der Waals surface area (Å²) >= 11 is 0. The Morgan fingerprint density at radius 3 is 2.89 bits per heavy atom. The van der Waals surface area contributed by atoms with E-state index >= 15 is 0 Å². The fraction of sp³-hybridized carbons (Fsp3) is 0.308. The van der Waals surface area contributed by atoms with Gasteiger partial charge >= 0.3 is 0 Å². The molecular weight excluding hydrogens is 236 g/mol. The molecule has 0 radical (unpaired) electrons. The maximum absolute atomic E-state index is 13.3. The first-order chi connectivity index (χ1) is 8.75. The third-order valence-electron chi connectivity index (χ3n) is 3.27. The quantitative estimate of drug-likeness (QED) is 0.886. The van der Waals surface area contributed by atoms with Gasteiger partial charge in [-0.1, -0.05) is 0 Å². The largest absolute Gasteiger partial charge is 0.309 e. The van der Waals surface area contributed by atoms with Crippen LogP contribution in [0.15, 0.2) is 30.7 Å². The van der Waals surface area contributed by atoms with E-state index in [1.807, 2.05) is 0 Å². The summed E-state index contributed by atoms with van der Waals surface area (Å²) < 4.78 is 28.0. The number of rotatable bonds is 2. The molecule has 1 atom stereocenters. The standard InChI is InChI=1S/C13H13F2N3/c14-10-4-3-9(6-11(10)15)18-8-16-7-13(18)12-2-1-5-17-12/h3-4,6-8,12,17H,1-2,5H2. The Labute approximate surface area is 103 Å². The van der Waals surface area contributed by atoms with Crippen molar-refractivity contribution in [2.24, 2.45) is 0 Å². The molecule has 94 valence electrons. The Kier molecular flexibility index (Phi) is 2.83. The van der Waals surface area contributed by atoms with Crippen LogP contribution in [0, 0.1) is 11.6 Å². The van der Waals surface area contributed by atoms with Crippen molar-refractivity contribution in [2.75, 3.05) is 6.54 Å². The van der Waals surface area contributed by atoms with Crippen molar-refractivity contribution in [2.45, 2.75) is 18.9 Å². The molecule has 2 aromatic rings. The minimum atomic E-state index is -0.841. The number of nitrogens with zero attached hydrogens (tertiary/aromatic N) is 2. The van der Waals surface area contributed by atoms with E-state index in [1.165, 1.54) is 6.07 Å². The van der Waals surface area contributed by atoms with Gasteiger partial charge in [-0.05, 0) is 31.5 Å². The molecule has 0 spiro atoms. The van der Waals surface area contributed by atoms with Crippen LogP contribution in [0.25, 0.3) is 5.69 Å². The minimum Gasteiger partial charge on any atom is -0.309 e. The maximum atomic E-state index is 13.3. The molecule has 1 unspecified atom stereocenters. The Hall–Kier alpha value is -1.75. The Bertz CT molecular complexity index is 559. The van der Waals surface area contributed by atoms with Crippen LogP contribution in [0.2, 0.25) is 0 Å². The van der Waals surface area contributed by atoms with E-state index in [2.05, 4.69) is 10.3 Å². The van der Waals surface area contributed by atoms with Crippen molar-refractivity contribution >= 4 is 0 Å². The van der Waals surface area contributed by atoms with Gasteiger partial charge in [-0.25, -0.2) is 13.8 Å². The highest BCUT2D eigenvalue weighted by Crippen LogP contribution is 2.25. The zero-order valence-corrected chi connectivity index (χ0v) is 9.74. The molecule has 0 bridgehead atoms. The number of halogens is 2. The lowest BCUT2D eigenvalue weighted by molar-refractivity contribution is 0.507. The van der Waals surface area contributed by atoms with Crippen LogP contribution in [0.1, 0.15) is 24.6 Å². The summed E-state index contributed by atoms with van der Waals surface area (Å²) in [7, 11) is 0. The van der Waals surface area contributed by atoms with Crippen molar-refractivity contribution in [3.05, 3.63) is 48.1 Å². The average Bonchev–Trinajstić information content (AvgIpc) is 3.00. The first-order valence-electron chi connectivity index (χ1n) is 5.97. The summed E-state index contributed by atoms with van der Waals surface area (Å²) in [5.41, 5.74) is 1.58. The molecule has 0 amide bonds. The normalized spacial score (nSPS) is 19.3. The first-order valence-corrected chi connectivity index (χ1v) is 5.97. The molecule has 5 heteroatoms. The third kappa shape index (κ3) is 1.90. The van der Waals surface area contributed by atoms with E-state index in [0.717, 1.165) is 31.1 Å². The van der Waals surface area contributed by atoms with Crippen molar-refractivity contribution in [3.8, 4) is 5.69 Å². The van der Waals surface area contributed by atoms with Gasteiger partial charge in [0.05, 0.1) is 18.2 Å². The molecule has 1 aliphatic heterocycles. The number of imidazole rings is 1. The lowest BCUT2D eigenvalue weighted by Gasteiger charge is -2.14. The number of benzene rings is 1. The SMILES string of the molecule is Fc1ccc(-n2cncc2C2CCCN2)cc1F. The summed E-state index contributed by atoms with van der Waals surface area (Å²) in [6, 6.07) is 4.12. The molecule has 1 aromatic heterocycles. The molecule has 0 saturated carbocycles. The monoisotopic (exact) mass is 249 g/mol. The fourth-order valence-corrected chi connectivity index (χ4v) is 2.35. The zero-order valence-electron chi connectivity index (χ0n) is 9.74. The molecule has 3 nitrogen and oxygen atoms in total. The maximum Gasteiger partial charge on any atom is 0.160 e. The van der Waals surface area contributed by atoms with Crippen LogP contribution in [-0.2, 0) is 0 Å². The third-order valence-corrected chi connectivity index (χ3v) is 3.27. The molecule has 1 N–H and O–H groups in total. The summed E-state index contributed by atoms with van der Waals surface area (Å²) in [4.78, 5) is 4.10. The van der Waals surface area contributed by atoms with Gasteiger partial charge in [-0.15, -0.1) is 0 Å². The van der Waals surface area contributed by atoms with Gasteiger partial charge in [0, 0.05) is 17.8 Å². The van der Waals surface area contributed by atoms with Crippen LogP contribution < -0.4 is 5.32 Å². The Morgan fingerprint density at radius 2 is 2.17 bits per heavy atom. The van der Waals surface area contributed by atoms with Crippen molar-refractivity contribution < 1.29 is 8.78 Å². The fourth-order valence-electron chi connectivity index (χ4n) is 2.35. The zero-order chi connectivity index (χ0) is 12.5. The van der Waals surface area contributed by atoms with Gasteiger partial charge in [0.25, 0.3) is 0 Å². The van der Waals surface area contributed by atoms with Crippen LogP contribution in [-0.4, -0.2) is 16.1 Å². The second-order valence-electron chi connectivity index (χ2n) is 4.44. The Morgan fingerprint density at radius 1 is 1.28 bits per heavy atom. The molecule has 18 heavy (non-hydrogen) atoms. The molecule has 1 aromatic carbocycles. The van der Waals surface area contributed by atoms with E-state index in [9.17, 15) is 8.78 Å². The topological polar surface area (TPSA) is 29.9 Å². The van der Waals surface area contributed by atoms with Crippen LogP contribution in [0.3, 0.4) is 0 Å². The number of aromatic nitrogens is 2. The first kappa shape index (κ1) is 11.3. The smallest absolute Gasteiger partial charge is 0.160 e. The van der Waals surface area contributed by atoms with Gasteiger partial charge in [0.2, 0.25) is 0 Å². The predicted molar refractivity (Wildman–Crippen MR) is 63.5 cm³/mol. The van der Waals surface area contributed by atoms with Crippen molar-refractivity contribution in [1.29, 1.82) is 0 Å². The molecule has 1 fully saturated rings. The van der Waals surface area contributed by atoms with Gasteiger partial charge in [0.15, 0.2) is 11.6 Å². The van der Waals surface area contributed by atoms with Crippen LogP contribution in [0.4, 0.5) is 8.78 Å². The van der Waals surface area contributed by atoms with Gasteiger partial charge in [0.1, 0.15) is 0 Å². The summed E-state index contributed by atoms with van der Waals surface area (Å²) in [5.74, 6) is -1.68. The van der Waals surface area contributed by atoms with Gasteiger partial charge in [-0.3, -0.25) is 0 Å².